The highest BCUT2D eigenvalue weighted by molar-refractivity contribution is 5.20. The average Bonchev–Trinajstić information content (AvgIpc) is 2.43. The van der Waals surface area contributed by atoms with Gasteiger partial charge in [0.1, 0.15) is 19.6 Å². The monoisotopic (exact) mass is 254 g/mol. The smallest absolute Gasteiger partial charge is 0.190 e. The van der Waals surface area contributed by atoms with Gasteiger partial charge in [0, 0.05) is 14.2 Å². The van der Waals surface area contributed by atoms with Gasteiger partial charge in [-0.05, 0) is 19.1 Å². The Morgan fingerprint density at radius 1 is 0.944 bits per heavy atom. The van der Waals surface area contributed by atoms with Crippen LogP contribution >= 0.6 is 0 Å². The molecule has 1 aromatic carbocycles. The highest BCUT2D eigenvalue weighted by atomic mass is 16.7. The zero-order valence-electron chi connectivity index (χ0n) is 11.6. The number of quaternary nitrogens is 1. The summed E-state index contributed by atoms with van der Waals surface area (Å²) >= 11 is 0. The summed E-state index contributed by atoms with van der Waals surface area (Å²) in [4.78, 5) is 6.13. The minimum Gasteiger partial charge on any atom is -0.379 e. The van der Waals surface area contributed by atoms with Gasteiger partial charge < -0.3 is 14.3 Å². The van der Waals surface area contributed by atoms with Crippen LogP contribution in [0.2, 0.25) is 0 Å². The summed E-state index contributed by atoms with van der Waals surface area (Å²) in [5.41, 5.74) is 0. The third-order valence-electron chi connectivity index (χ3n) is 3.02. The van der Waals surface area contributed by atoms with Gasteiger partial charge in [0.05, 0.1) is 13.2 Å². The second kappa shape index (κ2) is 8.08. The van der Waals surface area contributed by atoms with Crippen LogP contribution in [0.15, 0.2) is 30.3 Å². The lowest BCUT2D eigenvalue weighted by molar-refractivity contribution is -1.08. The van der Waals surface area contributed by atoms with Crippen molar-refractivity contribution in [3.05, 3.63) is 30.3 Å². The first-order chi connectivity index (χ1) is 8.76. The molecule has 0 saturated carbocycles. The Bertz CT molecular complexity index is 308. The van der Waals surface area contributed by atoms with Gasteiger partial charge in [-0.15, -0.1) is 4.65 Å². The molecule has 0 aliphatic carbocycles. The third kappa shape index (κ3) is 4.64. The number of rotatable bonds is 9. The molecular weight excluding hydrogens is 230 g/mol. The SMILES string of the molecule is CC[N+](CCOC)(CCOC)Oc1ccccc1. The van der Waals surface area contributed by atoms with Gasteiger partial charge in [-0.2, -0.15) is 0 Å². The summed E-state index contributed by atoms with van der Waals surface area (Å²) in [6.45, 7) is 5.96. The Labute approximate surface area is 110 Å². The van der Waals surface area contributed by atoms with Gasteiger partial charge in [-0.1, -0.05) is 18.2 Å². The van der Waals surface area contributed by atoms with Crippen LogP contribution in [0.1, 0.15) is 6.92 Å². The van der Waals surface area contributed by atoms with Crippen molar-refractivity contribution in [3.8, 4) is 5.75 Å². The molecule has 0 atom stereocenters. The Hall–Kier alpha value is -1.10. The summed E-state index contributed by atoms with van der Waals surface area (Å²) < 4.78 is 10.9. The van der Waals surface area contributed by atoms with Crippen molar-refractivity contribution >= 4 is 0 Å². The molecule has 0 amide bonds. The molecule has 0 heterocycles. The molecule has 0 aliphatic rings. The summed E-state index contributed by atoms with van der Waals surface area (Å²) in [5.74, 6) is 0.881. The Kier molecular flexibility index (Phi) is 6.72. The number of para-hydroxylation sites is 1. The summed E-state index contributed by atoms with van der Waals surface area (Å²) in [5, 5.41) is 0. The van der Waals surface area contributed by atoms with Crippen molar-refractivity contribution < 1.29 is 19.0 Å². The first kappa shape index (κ1) is 15.0. The van der Waals surface area contributed by atoms with Crippen LogP contribution in [0.25, 0.3) is 0 Å². The van der Waals surface area contributed by atoms with Crippen molar-refractivity contribution in [2.45, 2.75) is 6.92 Å². The highest BCUT2D eigenvalue weighted by Gasteiger charge is 2.28. The van der Waals surface area contributed by atoms with Crippen molar-refractivity contribution in [2.24, 2.45) is 0 Å². The lowest BCUT2D eigenvalue weighted by Crippen LogP contribution is -2.54. The number of methoxy groups -OCH3 is 2. The third-order valence-corrected chi connectivity index (χ3v) is 3.02. The predicted octanol–water partition coefficient (Wildman–Crippen LogP) is 2.11. The molecule has 0 unspecified atom stereocenters. The second-order valence-corrected chi connectivity index (χ2v) is 4.21. The molecule has 1 aromatic rings. The van der Waals surface area contributed by atoms with E-state index in [9.17, 15) is 0 Å². The molecule has 18 heavy (non-hydrogen) atoms. The predicted molar refractivity (Wildman–Crippen MR) is 71.4 cm³/mol. The van der Waals surface area contributed by atoms with E-state index in [4.69, 9.17) is 14.3 Å². The van der Waals surface area contributed by atoms with E-state index in [1.54, 1.807) is 14.2 Å². The second-order valence-electron chi connectivity index (χ2n) is 4.21. The van der Waals surface area contributed by atoms with Gasteiger partial charge in [0.2, 0.25) is 0 Å². The fourth-order valence-electron chi connectivity index (χ4n) is 1.80. The van der Waals surface area contributed by atoms with Crippen LogP contribution in [0.5, 0.6) is 5.75 Å². The number of hydroxylamine groups is 3. The van der Waals surface area contributed by atoms with Crippen molar-refractivity contribution in [1.29, 1.82) is 0 Å². The number of hydrogen-bond acceptors (Lipinski definition) is 3. The van der Waals surface area contributed by atoms with E-state index < -0.39 is 0 Å². The molecule has 0 fully saturated rings. The Balaban J connectivity index is 2.73. The molecule has 0 radical (unpaired) electrons. The molecule has 0 aliphatic heterocycles. The molecule has 0 bridgehead atoms. The van der Waals surface area contributed by atoms with Crippen LogP contribution < -0.4 is 4.84 Å². The van der Waals surface area contributed by atoms with Crippen LogP contribution in [0, 0.1) is 0 Å². The van der Waals surface area contributed by atoms with E-state index in [0.717, 1.165) is 25.4 Å². The lowest BCUT2D eigenvalue weighted by atomic mass is 10.3. The van der Waals surface area contributed by atoms with Crippen molar-refractivity contribution in [3.63, 3.8) is 0 Å². The summed E-state index contributed by atoms with van der Waals surface area (Å²) in [7, 11) is 3.42. The van der Waals surface area contributed by atoms with Gasteiger partial charge in [0.25, 0.3) is 0 Å². The zero-order valence-corrected chi connectivity index (χ0v) is 11.6. The number of benzene rings is 1. The maximum Gasteiger partial charge on any atom is 0.190 e. The number of ether oxygens (including phenoxy) is 2. The fourth-order valence-corrected chi connectivity index (χ4v) is 1.80. The van der Waals surface area contributed by atoms with Gasteiger partial charge in [-0.25, -0.2) is 0 Å². The standard InChI is InChI=1S/C14H24NO3/c1-4-15(10-12-16-2,11-13-17-3)18-14-8-6-5-7-9-14/h5-9H,4,10-13H2,1-3H3/q+1. The molecular formula is C14H24NO3+. The number of hydrogen-bond donors (Lipinski definition) is 0. The Morgan fingerprint density at radius 3 is 1.94 bits per heavy atom. The first-order valence-electron chi connectivity index (χ1n) is 6.35. The van der Waals surface area contributed by atoms with Gasteiger partial charge >= 0.3 is 0 Å². The summed E-state index contributed by atoms with van der Waals surface area (Å²) in [6, 6.07) is 9.89. The van der Waals surface area contributed by atoms with Crippen LogP contribution in [0.3, 0.4) is 0 Å². The van der Waals surface area contributed by atoms with E-state index >= 15 is 0 Å². The molecule has 0 aromatic heterocycles. The molecule has 1 rings (SSSR count). The number of nitrogens with zero attached hydrogens (tertiary/aromatic N) is 1. The minimum absolute atomic E-state index is 0.520. The zero-order chi connectivity index (χ0) is 13.3. The first-order valence-corrected chi connectivity index (χ1v) is 6.35. The molecule has 0 spiro atoms. The van der Waals surface area contributed by atoms with E-state index in [-0.39, 0.29) is 0 Å². The van der Waals surface area contributed by atoms with Crippen LogP contribution in [0.4, 0.5) is 0 Å². The van der Waals surface area contributed by atoms with Crippen molar-refractivity contribution in [2.75, 3.05) is 47.1 Å². The van der Waals surface area contributed by atoms with E-state index in [1.807, 2.05) is 30.3 Å². The largest absolute Gasteiger partial charge is 0.379 e. The Morgan fingerprint density at radius 2 is 1.50 bits per heavy atom. The molecule has 102 valence electrons. The average molecular weight is 254 g/mol. The topological polar surface area (TPSA) is 27.7 Å². The normalized spacial score (nSPS) is 11.5. The molecule has 0 saturated heterocycles. The van der Waals surface area contributed by atoms with Crippen molar-refractivity contribution in [1.82, 2.24) is 0 Å². The van der Waals surface area contributed by atoms with Gasteiger partial charge in [-0.3, -0.25) is 0 Å². The minimum atomic E-state index is 0.520. The van der Waals surface area contributed by atoms with Gasteiger partial charge in [0.15, 0.2) is 5.75 Å². The maximum atomic E-state index is 6.13. The van der Waals surface area contributed by atoms with Crippen LogP contribution in [-0.4, -0.2) is 51.7 Å². The fraction of sp³-hybridized carbons (Fsp3) is 0.571. The summed E-state index contributed by atoms with van der Waals surface area (Å²) in [6.07, 6.45) is 0. The highest BCUT2D eigenvalue weighted by Crippen LogP contribution is 2.16. The molecule has 4 nitrogen and oxygen atoms in total. The quantitative estimate of drug-likeness (QED) is 0.499. The van der Waals surface area contributed by atoms with E-state index in [0.29, 0.717) is 17.9 Å². The van der Waals surface area contributed by atoms with E-state index in [2.05, 4.69) is 6.92 Å². The molecule has 0 N–H and O–H groups in total. The van der Waals surface area contributed by atoms with E-state index in [1.165, 1.54) is 0 Å². The number of likely N-dealkylation sites (N-methyl/N-ethyl adjacent to an activating group) is 1. The van der Waals surface area contributed by atoms with Crippen LogP contribution in [-0.2, 0) is 9.47 Å². The maximum absolute atomic E-state index is 6.13. The lowest BCUT2D eigenvalue weighted by Gasteiger charge is -2.34. The molecule has 4 heteroatoms.